The number of hydrogen-bond donors (Lipinski definition) is 0. The average Bonchev–Trinajstić information content (AvgIpc) is 2.46. The van der Waals surface area contributed by atoms with Crippen molar-refractivity contribution in [3.8, 4) is 6.07 Å². The molecule has 82 valence electrons. The molecule has 3 nitrogen and oxygen atoms in total. The van der Waals surface area contributed by atoms with Crippen LogP contribution in [0.2, 0.25) is 5.15 Å². The van der Waals surface area contributed by atoms with Crippen LogP contribution in [0.3, 0.4) is 0 Å². The molecule has 0 atom stereocenters. The molecule has 1 heterocycles. The van der Waals surface area contributed by atoms with Crippen molar-refractivity contribution in [1.82, 2.24) is 9.78 Å². The lowest BCUT2D eigenvalue weighted by Gasteiger charge is -2.20. The van der Waals surface area contributed by atoms with E-state index in [1.54, 1.807) is 24.7 Å². The third-order valence-corrected chi connectivity index (χ3v) is 2.69. The summed E-state index contributed by atoms with van der Waals surface area (Å²) in [6.07, 6.45) is 1.74. The predicted octanol–water partition coefficient (Wildman–Crippen LogP) is 3.09. The first-order valence-electron chi connectivity index (χ1n) is 4.86. The summed E-state index contributed by atoms with van der Waals surface area (Å²) in [7, 11) is 0. The van der Waals surface area contributed by atoms with Crippen molar-refractivity contribution in [2.45, 2.75) is 45.6 Å². The van der Waals surface area contributed by atoms with Crippen LogP contribution in [0.4, 0.5) is 0 Å². The number of aromatic nitrogens is 2. The Kier molecular flexibility index (Phi) is 2.84. The molecule has 0 fully saturated rings. The largest absolute Gasteiger partial charge is 0.234 e. The SMILES string of the molecule is CC(C)(C)c1cnn(C(C)(C)C#N)c1Cl. The van der Waals surface area contributed by atoms with Crippen LogP contribution in [-0.4, -0.2) is 9.78 Å². The van der Waals surface area contributed by atoms with Crippen LogP contribution in [0.5, 0.6) is 0 Å². The number of halogens is 1. The summed E-state index contributed by atoms with van der Waals surface area (Å²) in [5.41, 5.74) is 0.203. The van der Waals surface area contributed by atoms with Crippen LogP contribution in [0.1, 0.15) is 40.2 Å². The Morgan fingerprint density at radius 1 is 1.33 bits per heavy atom. The van der Waals surface area contributed by atoms with Crippen molar-refractivity contribution in [2.24, 2.45) is 0 Å². The number of hydrogen-bond acceptors (Lipinski definition) is 2. The Balaban J connectivity index is 3.29. The maximum Gasteiger partial charge on any atom is 0.144 e. The normalized spacial score (nSPS) is 12.6. The highest BCUT2D eigenvalue weighted by molar-refractivity contribution is 6.30. The third-order valence-electron chi connectivity index (χ3n) is 2.32. The molecular formula is C11H16ClN3. The Morgan fingerprint density at radius 3 is 2.20 bits per heavy atom. The van der Waals surface area contributed by atoms with E-state index in [1.807, 2.05) is 0 Å². The molecule has 0 radical (unpaired) electrons. The maximum absolute atomic E-state index is 9.01. The van der Waals surface area contributed by atoms with E-state index in [2.05, 4.69) is 31.9 Å². The molecule has 0 aliphatic heterocycles. The molecule has 0 aromatic carbocycles. The van der Waals surface area contributed by atoms with Crippen molar-refractivity contribution in [3.05, 3.63) is 16.9 Å². The third kappa shape index (κ3) is 2.15. The first-order chi connectivity index (χ1) is 6.70. The van der Waals surface area contributed by atoms with E-state index in [1.165, 1.54) is 0 Å². The molecule has 15 heavy (non-hydrogen) atoms. The molecule has 0 aliphatic rings. The Morgan fingerprint density at radius 2 is 1.87 bits per heavy atom. The number of nitriles is 1. The standard InChI is InChI=1S/C11H16ClN3/c1-10(2,3)8-6-14-15(9(8)12)11(4,5)7-13/h6H,1-5H3. The summed E-state index contributed by atoms with van der Waals surface area (Å²) in [6.45, 7) is 9.79. The molecule has 0 unspecified atom stereocenters. The summed E-state index contributed by atoms with van der Waals surface area (Å²) in [4.78, 5) is 0. The summed E-state index contributed by atoms with van der Waals surface area (Å²) < 4.78 is 1.56. The van der Waals surface area contributed by atoms with E-state index >= 15 is 0 Å². The number of nitrogens with zero attached hydrogens (tertiary/aromatic N) is 3. The van der Waals surface area contributed by atoms with Crippen LogP contribution in [0.15, 0.2) is 6.20 Å². The summed E-state index contributed by atoms with van der Waals surface area (Å²) in [5, 5.41) is 13.8. The van der Waals surface area contributed by atoms with Crippen LogP contribution in [0.25, 0.3) is 0 Å². The molecule has 0 saturated carbocycles. The molecule has 0 aliphatic carbocycles. The lowest BCUT2D eigenvalue weighted by Crippen LogP contribution is -2.25. The molecule has 4 heteroatoms. The Bertz CT molecular complexity index is 404. The average molecular weight is 226 g/mol. The molecule has 0 spiro atoms. The molecule has 0 saturated heterocycles. The lowest BCUT2D eigenvalue weighted by molar-refractivity contribution is 0.418. The highest BCUT2D eigenvalue weighted by atomic mass is 35.5. The van der Waals surface area contributed by atoms with Gasteiger partial charge >= 0.3 is 0 Å². The first-order valence-corrected chi connectivity index (χ1v) is 5.23. The van der Waals surface area contributed by atoms with E-state index in [4.69, 9.17) is 16.9 Å². The van der Waals surface area contributed by atoms with Gasteiger partial charge < -0.3 is 0 Å². The Labute approximate surface area is 95.7 Å². The van der Waals surface area contributed by atoms with Gasteiger partial charge in [-0.05, 0) is 19.3 Å². The zero-order valence-electron chi connectivity index (χ0n) is 9.80. The zero-order valence-corrected chi connectivity index (χ0v) is 10.6. The van der Waals surface area contributed by atoms with Crippen molar-refractivity contribution in [2.75, 3.05) is 0 Å². The molecule has 0 bridgehead atoms. The molecule has 1 rings (SSSR count). The monoisotopic (exact) mass is 225 g/mol. The maximum atomic E-state index is 9.01. The lowest BCUT2D eigenvalue weighted by atomic mass is 9.89. The fourth-order valence-electron chi connectivity index (χ4n) is 1.27. The van der Waals surface area contributed by atoms with Gasteiger partial charge in [-0.1, -0.05) is 32.4 Å². The summed E-state index contributed by atoms with van der Waals surface area (Å²) in [5.74, 6) is 0. The van der Waals surface area contributed by atoms with E-state index in [9.17, 15) is 0 Å². The van der Waals surface area contributed by atoms with Gasteiger partial charge in [0.2, 0.25) is 0 Å². The first kappa shape index (κ1) is 12.1. The van der Waals surface area contributed by atoms with Gasteiger partial charge in [0, 0.05) is 5.56 Å². The molecule has 0 N–H and O–H groups in total. The minimum Gasteiger partial charge on any atom is -0.234 e. The van der Waals surface area contributed by atoms with Crippen LogP contribution < -0.4 is 0 Å². The summed E-state index contributed by atoms with van der Waals surface area (Å²) >= 11 is 6.22. The van der Waals surface area contributed by atoms with Crippen molar-refractivity contribution in [3.63, 3.8) is 0 Å². The van der Waals surface area contributed by atoms with Crippen molar-refractivity contribution in [1.29, 1.82) is 5.26 Å². The van der Waals surface area contributed by atoms with Gasteiger partial charge in [0.1, 0.15) is 10.7 Å². The van der Waals surface area contributed by atoms with Gasteiger partial charge in [0.25, 0.3) is 0 Å². The van der Waals surface area contributed by atoms with Gasteiger partial charge in [-0.3, -0.25) is 0 Å². The van der Waals surface area contributed by atoms with Crippen molar-refractivity contribution < 1.29 is 0 Å². The molecule has 1 aromatic rings. The molecular weight excluding hydrogens is 210 g/mol. The minimum absolute atomic E-state index is 0.0547. The van der Waals surface area contributed by atoms with Crippen LogP contribution in [-0.2, 0) is 11.0 Å². The van der Waals surface area contributed by atoms with E-state index in [-0.39, 0.29) is 5.41 Å². The molecule has 1 aromatic heterocycles. The topological polar surface area (TPSA) is 41.6 Å². The van der Waals surface area contributed by atoms with Gasteiger partial charge in [-0.15, -0.1) is 0 Å². The van der Waals surface area contributed by atoms with E-state index in [0.29, 0.717) is 5.15 Å². The quantitative estimate of drug-likeness (QED) is 0.737. The van der Waals surface area contributed by atoms with Crippen molar-refractivity contribution >= 4 is 11.6 Å². The van der Waals surface area contributed by atoms with Gasteiger partial charge in [-0.2, -0.15) is 10.4 Å². The second-order valence-corrected chi connectivity index (χ2v) is 5.54. The summed E-state index contributed by atoms with van der Waals surface area (Å²) in [6, 6.07) is 2.18. The van der Waals surface area contributed by atoms with Crippen LogP contribution in [0, 0.1) is 11.3 Å². The van der Waals surface area contributed by atoms with E-state index in [0.717, 1.165) is 5.56 Å². The highest BCUT2D eigenvalue weighted by Crippen LogP contribution is 2.31. The van der Waals surface area contributed by atoms with Gasteiger partial charge in [0.15, 0.2) is 0 Å². The highest BCUT2D eigenvalue weighted by Gasteiger charge is 2.28. The minimum atomic E-state index is -0.708. The predicted molar refractivity (Wildman–Crippen MR) is 60.9 cm³/mol. The zero-order chi connectivity index (χ0) is 11.9. The van der Waals surface area contributed by atoms with Gasteiger partial charge in [-0.25, -0.2) is 4.68 Å². The fourth-order valence-corrected chi connectivity index (χ4v) is 1.86. The van der Waals surface area contributed by atoms with Crippen LogP contribution >= 0.6 is 11.6 Å². The second kappa shape index (κ2) is 3.53. The second-order valence-electron chi connectivity index (χ2n) is 5.18. The fraction of sp³-hybridized carbons (Fsp3) is 0.636. The molecule has 0 amide bonds. The number of rotatable bonds is 1. The van der Waals surface area contributed by atoms with Gasteiger partial charge in [0.05, 0.1) is 12.3 Å². The Hall–Kier alpha value is -1.01. The smallest absolute Gasteiger partial charge is 0.144 e. The van der Waals surface area contributed by atoms with E-state index < -0.39 is 5.54 Å².